The Bertz CT molecular complexity index is 645. The standard InChI is InChI=1S/C22H31NO5/c1-22(2,3)28-21(26)23-11-9-17(10-12-23)13-19(15-24)14-20(25)27-16-18-7-5-4-6-8-18/h4-8,15,17,19H,9-14,16H2,1-3H3/t19-/m1/s1. The molecule has 154 valence electrons. The zero-order valence-electron chi connectivity index (χ0n) is 17.1. The Morgan fingerprint density at radius 2 is 1.82 bits per heavy atom. The summed E-state index contributed by atoms with van der Waals surface area (Å²) >= 11 is 0. The second-order valence-corrected chi connectivity index (χ2v) is 8.39. The Morgan fingerprint density at radius 3 is 2.39 bits per heavy atom. The number of benzene rings is 1. The summed E-state index contributed by atoms with van der Waals surface area (Å²) in [5, 5.41) is 0. The van der Waals surface area contributed by atoms with Crippen molar-refractivity contribution in [3.8, 4) is 0 Å². The largest absolute Gasteiger partial charge is 0.461 e. The summed E-state index contributed by atoms with van der Waals surface area (Å²) in [7, 11) is 0. The van der Waals surface area contributed by atoms with Gasteiger partial charge in [-0.25, -0.2) is 4.79 Å². The summed E-state index contributed by atoms with van der Waals surface area (Å²) in [6.07, 6.45) is 2.92. The number of likely N-dealkylation sites (tertiary alicyclic amines) is 1. The highest BCUT2D eigenvalue weighted by atomic mass is 16.6. The lowest BCUT2D eigenvalue weighted by Gasteiger charge is -2.34. The van der Waals surface area contributed by atoms with Crippen LogP contribution in [-0.4, -0.2) is 41.9 Å². The second-order valence-electron chi connectivity index (χ2n) is 8.39. The molecule has 0 aromatic heterocycles. The average Bonchev–Trinajstić information content (AvgIpc) is 2.66. The van der Waals surface area contributed by atoms with Crippen LogP contribution in [0, 0.1) is 11.8 Å². The first-order chi connectivity index (χ1) is 13.3. The molecule has 1 saturated heterocycles. The molecule has 6 heteroatoms. The molecule has 1 fully saturated rings. The zero-order valence-corrected chi connectivity index (χ0v) is 17.1. The SMILES string of the molecule is CC(C)(C)OC(=O)N1CCC(C[C@@H](C=O)CC(=O)OCc2ccccc2)CC1. The number of esters is 1. The molecule has 0 saturated carbocycles. The molecule has 28 heavy (non-hydrogen) atoms. The topological polar surface area (TPSA) is 72.9 Å². The number of carbonyl (C=O) groups excluding carboxylic acids is 3. The molecule has 0 bridgehead atoms. The van der Waals surface area contributed by atoms with Gasteiger partial charge in [0.15, 0.2) is 0 Å². The van der Waals surface area contributed by atoms with E-state index in [1.165, 1.54) is 0 Å². The van der Waals surface area contributed by atoms with Gasteiger partial charge in [-0.2, -0.15) is 0 Å². The van der Waals surface area contributed by atoms with Gasteiger partial charge in [0.25, 0.3) is 0 Å². The van der Waals surface area contributed by atoms with Gasteiger partial charge in [-0.3, -0.25) is 4.79 Å². The second kappa shape index (κ2) is 10.2. The van der Waals surface area contributed by atoms with Gasteiger partial charge in [0, 0.05) is 19.0 Å². The summed E-state index contributed by atoms with van der Waals surface area (Å²) in [5.74, 6) is -0.385. The van der Waals surface area contributed by atoms with Gasteiger partial charge >= 0.3 is 12.1 Å². The summed E-state index contributed by atoms with van der Waals surface area (Å²) in [6, 6.07) is 9.47. The van der Waals surface area contributed by atoms with Gasteiger partial charge in [-0.15, -0.1) is 0 Å². The van der Waals surface area contributed by atoms with Gasteiger partial charge in [0.2, 0.25) is 0 Å². The van der Waals surface area contributed by atoms with E-state index in [4.69, 9.17) is 9.47 Å². The van der Waals surface area contributed by atoms with E-state index in [1.807, 2.05) is 51.1 Å². The van der Waals surface area contributed by atoms with E-state index in [1.54, 1.807) is 4.90 Å². The maximum absolute atomic E-state index is 12.1. The molecular weight excluding hydrogens is 358 g/mol. The van der Waals surface area contributed by atoms with E-state index in [-0.39, 0.29) is 31.0 Å². The van der Waals surface area contributed by atoms with Crippen molar-refractivity contribution >= 4 is 18.3 Å². The number of hydrogen-bond acceptors (Lipinski definition) is 5. The Kier molecular flexibility index (Phi) is 8.03. The predicted octanol–water partition coefficient (Wildman–Crippen LogP) is 3.97. The highest BCUT2D eigenvalue weighted by molar-refractivity contribution is 5.73. The molecule has 0 unspecified atom stereocenters. The lowest BCUT2D eigenvalue weighted by molar-refractivity contribution is -0.147. The van der Waals surface area contributed by atoms with E-state index in [0.29, 0.717) is 25.4 Å². The molecule has 2 rings (SSSR count). The molecule has 0 radical (unpaired) electrons. The maximum atomic E-state index is 12.1. The Hall–Kier alpha value is -2.37. The molecule has 0 spiro atoms. The van der Waals surface area contributed by atoms with Crippen molar-refractivity contribution in [3.05, 3.63) is 35.9 Å². The number of nitrogens with zero attached hydrogens (tertiary/aromatic N) is 1. The molecule has 0 N–H and O–H groups in total. The summed E-state index contributed by atoms with van der Waals surface area (Å²) in [5.41, 5.74) is 0.421. The van der Waals surface area contributed by atoms with E-state index in [2.05, 4.69) is 0 Å². The van der Waals surface area contributed by atoms with Gasteiger partial charge in [-0.05, 0) is 51.5 Å². The highest BCUT2D eigenvalue weighted by Crippen LogP contribution is 2.26. The Labute approximate surface area is 167 Å². The van der Waals surface area contributed by atoms with E-state index < -0.39 is 5.60 Å². The third kappa shape index (κ3) is 7.71. The first kappa shape index (κ1) is 21.9. The molecule has 1 heterocycles. The normalized spacial score (nSPS) is 16.3. The number of ether oxygens (including phenoxy) is 2. The van der Waals surface area contributed by atoms with Gasteiger partial charge in [0.1, 0.15) is 18.5 Å². The number of carbonyl (C=O) groups is 3. The predicted molar refractivity (Wildman–Crippen MR) is 106 cm³/mol. The maximum Gasteiger partial charge on any atom is 0.410 e. The molecule has 1 aromatic carbocycles. The Morgan fingerprint density at radius 1 is 1.18 bits per heavy atom. The fourth-order valence-electron chi connectivity index (χ4n) is 3.30. The summed E-state index contributed by atoms with van der Waals surface area (Å²) < 4.78 is 10.7. The highest BCUT2D eigenvalue weighted by Gasteiger charge is 2.28. The smallest absolute Gasteiger partial charge is 0.410 e. The van der Waals surface area contributed by atoms with Crippen molar-refractivity contribution in [1.82, 2.24) is 4.90 Å². The van der Waals surface area contributed by atoms with Crippen LogP contribution in [0.5, 0.6) is 0 Å². The average molecular weight is 389 g/mol. The van der Waals surface area contributed by atoms with Crippen LogP contribution < -0.4 is 0 Å². The first-order valence-electron chi connectivity index (χ1n) is 9.89. The van der Waals surface area contributed by atoms with Crippen LogP contribution in [0.1, 0.15) is 52.0 Å². The molecule has 1 aliphatic rings. The Balaban J connectivity index is 1.72. The molecule has 1 amide bonds. The molecule has 1 aliphatic heterocycles. The number of hydrogen-bond donors (Lipinski definition) is 0. The minimum Gasteiger partial charge on any atom is -0.461 e. The third-order valence-electron chi connectivity index (χ3n) is 4.77. The molecule has 1 atom stereocenters. The fraction of sp³-hybridized carbons (Fsp3) is 0.591. The van der Waals surface area contributed by atoms with Crippen molar-refractivity contribution in [2.24, 2.45) is 11.8 Å². The monoisotopic (exact) mass is 389 g/mol. The fourth-order valence-corrected chi connectivity index (χ4v) is 3.30. The lowest BCUT2D eigenvalue weighted by atomic mass is 9.86. The van der Waals surface area contributed by atoms with E-state index in [0.717, 1.165) is 24.7 Å². The third-order valence-corrected chi connectivity index (χ3v) is 4.77. The van der Waals surface area contributed by atoms with Crippen LogP contribution in [0.15, 0.2) is 30.3 Å². The van der Waals surface area contributed by atoms with Gasteiger partial charge < -0.3 is 19.2 Å². The van der Waals surface area contributed by atoms with Crippen molar-refractivity contribution in [2.45, 2.75) is 58.7 Å². The molecule has 0 aliphatic carbocycles. The van der Waals surface area contributed by atoms with Crippen LogP contribution in [0.3, 0.4) is 0 Å². The van der Waals surface area contributed by atoms with Crippen molar-refractivity contribution in [1.29, 1.82) is 0 Å². The van der Waals surface area contributed by atoms with Gasteiger partial charge in [-0.1, -0.05) is 30.3 Å². The summed E-state index contributed by atoms with van der Waals surface area (Å²) in [6.45, 7) is 7.00. The zero-order chi connectivity index (χ0) is 20.6. The van der Waals surface area contributed by atoms with Crippen LogP contribution in [-0.2, 0) is 25.7 Å². The van der Waals surface area contributed by atoms with Crippen molar-refractivity contribution < 1.29 is 23.9 Å². The van der Waals surface area contributed by atoms with E-state index >= 15 is 0 Å². The van der Waals surface area contributed by atoms with Crippen molar-refractivity contribution in [3.63, 3.8) is 0 Å². The van der Waals surface area contributed by atoms with E-state index in [9.17, 15) is 14.4 Å². The molecule has 1 aromatic rings. The molecular formula is C22H31NO5. The molecule has 6 nitrogen and oxygen atoms in total. The van der Waals surface area contributed by atoms with Crippen molar-refractivity contribution in [2.75, 3.05) is 13.1 Å². The minimum atomic E-state index is -0.503. The van der Waals surface area contributed by atoms with Crippen LogP contribution in [0.25, 0.3) is 0 Å². The first-order valence-corrected chi connectivity index (χ1v) is 9.89. The quantitative estimate of drug-likeness (QED) is 0.521. The van der Waals surface area contributed by atoms with Gasteiger partial charge in [0.05, 0.1) is 6.42 Å². The van der Waals surface area contributed by atoms with Crippen LogP contribution in [0.4, 0.5) is 4.79 Å². The number of aldehydes is 1. The number of rotatable bonds is 7. The number of amides is 1. The minimum absolute atomic E-state index is 0.0998. The van der Waals surface area contributed by atoms with Crippen LogP contribution in [0.2, 0.25) is 0 Å². The van der Waals surface area contributed by atoms with Crippen LogP contribution >= 0.6 is 0 Å². The summed E-state index contributed by atoms with van der Waals surface area (Å²) in [4.78, 5) is 37.3. The number of piperidine rings is 1. The lowest BCUT2D eigenvalue weighted by Crippen LogP contribution is -2.42.